The maximum atomic E-state index is 12.5. The van der Waals surface area contributed by atoms with Gasteiger partial charge in [-0.05, 0) is 43.5 Å². The molecule has 2 saturated heterocycles. The SMILES string of the molecule is CCCCCCC(=O)N1CCC2(CC1)SCC(=O)N2c1ccc(Cl)cc1. The minimum absolute atomic E-state index is 0.150. The van der Waals surface area contributed by atoms with Gasteiger partial charge in [0, 0.05) is 30.2 Å². The van der Waals surface area contributed by atoms with Gasteiger partial charge in [-0.3, -0.25) is 14.5 Å². The fraction of sp³-hybridized carbons (Fsp3) is 0.600. The number of halogens is 1. The van der Waals surface area contributed by atoms with Gasteiger partial charge in [0.2, 0.25) is 11.8 Å². The summed E-state index contributed by atoms with van der Waals surface area (Å²) in [6.07, 6.45) is 6.81. The normalized spacial score (nSPS) is 19.4. The highest BCUT2D eigenvalue weighted by Crippen LogP contribution is 2.46. The molecule has 2 aliphatic rings. The number of likely N-dealkylation sites (tertiary alicyclic amines) is 1. The number of piperidine rings is 1. The van der Waals surface area contributed by atoms with E-state index in [0.29, 0.717) is 17.2 Å². The van der Waals surface area contributed by atoms with E-state index in [1.165, 1.54) is 12.8 Å². The second-order valence-electron chi connectivity index (χ2n) is 7.13. The molecule has 4 nitrogen and oxygen atoms in total. The van der Waals surface area contributed by atoms with Crippen LogP contribution in [-0.4, -0.2) is 40.4 Å². The van der Waals surface area contributed by atoms with Gasteiger partial charge >= 0.3 is 0 Å². The molecule has 0 radical (unpaired) electrons. The molecule has 2 aliphatic heterocycles. The van der Waals surface area contributed by atoms with Crippen molar-refractivity contribution in [2.75, 3.05) is 23.7 Å². The Hall–Kier alpha value is -1.20. The van der Waals surface area contributed by atoms with Crippen molar-refractivity contribution in [1.82, 2.24) is 4.90 Å². The fourth-order valence-corrected chi connectivity index (χ4v) is 5.31. The van der Waals surface area contributed by atoms with Gasteiger partial charge in [-0.2, -0.15) is 0 Å². The summed E-state index contributed by atoms with van der Waals surface area (Å²) in [4.78, 5) is 28.7. The van der Waals surface area contributed by atoms with Crippen molar-refractivity contribution in [2.24, 2.45) is 0 Å². The lowest BCUT2D eigenvalue weighted by atomic mass is 10.0. The van der Waals surface area contributed by atoms with Crippen LogP contribution in [0, 0.1) is 0 Å². The summed E-state index contributed by atoms with van der Waals surface area (Å²) in [5, 5.41) is 0.672. The van der Waals surface area contributed by atoms with Gasteiger partial charge in [-0.25, -0.2) is 0 Å². The number of hydrogen-bond acceptors (Lipinski definition) is 3. The number of benzene rings is 1. The Labute approximate surface area is 165 Å². The van der Waals surface area contributed by atoms with Gasteiger partial charge in [-0.1, -0.05) is 37.8 Å². The largest absolute Gasteiger partial charge is 0.342 e. The van der Waals surface area contributed by atoms with E-state index in [1.807, 2.05) is 34.1 Å². The van der Waals surface area contributed by atoms with Gasteiger partial charge in [0.1, 0.15) is 0 Å². The molecule has 0 unspecified atom stereocenters. The van der Waals surface area contributed by atoms with Crippen LogP contribution in [0.15, 0.2) is 24.3 Å². The van der Waals surface area contributed by atoms with Crippen LogP contribution in [-0.2, 0) is 9.59 Å². The summed E-state index contributed by atoms with van der Waals surface area (Å²) in [6, 6.07) is 7.49. The summed E-state index contributed by atoms with van der Waals surface area (Å²) in [6.45, 7) is 3.65. The van der Waals surface area contributed by atoms with Crippen LogP contribution < -0.4 is 4.90 Å². The monoisotopic (exact) mass is 394 g/mol. The number of anilines is 1. The Bertz CT molecular complexity index is 642. The van der Waals surface area contributed by atoms with E-state index >= 15 is 0 Å². The zero-order chi connectivity index (χ0) is 18.6. The lowest BCUT2D eigenvalue weighted by molar-refractivity contribution is -0.132. The molecule has 2 amide bonds. The summed E-state index contributed by atoms with van der Waals surface area (Å²) in [5.41, 5.74) is 0.906. The van der Waals surface area contributed by atoms with Crippen LogP contribution in [0.3, 0.4) is 0 Å². The number of carbonyl (C=O) groups is 2. The Morgan fingerprint density at radius 2 is 1.85 bits per heavy atom. The summed E-state index contributed by atoms with van der Waals surface area (Å²) in [7, 11) is 0. The molecule has 0 aromatic heterocycles. The van der Waals surface area contributed by atoms with Gasteiger partial charge in [0.25, 0.3) is 0 Å². The molecule has 26 heavy (non-hydrogen) atoms. The van der Waals surface area contributed by atoms with Gasteiger partial charge < -0.3 is 4.90 Å². The highest BCUT2D eigenvalue weighted by atomic mass is 35.5. The van der Waals surface area contributed by atoms with E-state index in [4.69, 9.17) is 11.6 Å². The molecule has 3 rings (SSSR count). The predicted molar refractivity (Wildman–Crippen MR) is 109 cm³/mol. The minimum atomic E-state index is -0.218. The highest BCUT2D eigenvalue weighted by molar-refractivity contribution is 8.02. The van der Waals surface area contributed by atoms with E-state index in [2.05, 4.69) is 6.92 Å². The van der Waals surface area contributed by atoms with Crippen LogP contribution in [0.5, 0.6) is 0 Å². The summed E-state index contributed by atoms with van der Waals surface area (Å²) >= 11 is 7.72. The van der Waals surface area contributed by atoms with Crippen molar-refractivity contribution in [3.05, 3.63) is 29.3 Å². The number of amides is 2. The molecule has 0 bridgehead atoms. The van der Waals surface area contributed by atoms with E-state index in [1.54, 1.807) is 11.8 Å². The first-order valence-corrected chi connectivity index (χ1v) is 10.9. The van der Waals surface area contributed by atoms with Crippen molar-refractivity contribution in [1.29, 1.82) is 0 Å². The lowest BCUT2D eigenvalue weighted by Crippen LogP contribution is -2.53. The Balaban J connectivity index is 1.62. The van der Waals surface area contributed by atoms with Crippen molar-refractivity contribution < 1.29 is 9.59 Å². The molecule has 2 fully saturated rings. The average molecular weight is 395 g/mol. The zero-order valence-corrected chi connectivity index (χ0v) is 17.0. The van der Waals surface area contributed by atoms with Gasteiger partial charge in [0.05, 0.1) is 10.6 Å². The molecule has 0 saturated carbocycles. The molecular formula is C20H27ClN2O2S. The number of carbonyl (C=O) groups excluding carboxylic acids is 2. The molecule has 6 heteroatoms. The molecule has 142 valence electrons. The molecular weight excluding hydrogens is 368 g/mol. The summed E-state index contributed by atoms with van der Waals surface area (Å²) < 4.78 is 0. The van der Waals surface area contributed by atoms with Crippen LogP contribution in [0.2, 0.25) is 5.02 Å². The predicted octanol–water partition coefficient (Wildman–Crippen LogP) is 4.71. The third-order valence-electron chi connectivity index (χ3n) is 5.35. The van der Waals surface area contributed by atoms with E-state index < -0.39 is 0 Å². The Morgan fingerprint density at radius 1 is 1.15 bits per heavy atom. The number of nitrogens with zero attached hydrogens (tertiary/aromatic N) is 2. The molecule has 1 aromatic carbocycles. The first kappa shape index (κ1) is 19.6. The number of thioether (sulfide) groups is 1. The van der Waals surface area contributed by atoms with Crippen LogP contribution in [0.25, 0.3) is 0 Å². The van der Waals surface area contributed by atoms with E-state index in [0.717, 1.165) is 44.5 Å². The average Bonchev–Trinajstić information content (AvgIpc) is 2.96. The van der Waals surface area contributed by atoms with Gasteiger partial charge in [0.15, 0.2) is 0 Å². The molecule has 1 spiro atoms. The van der Waals surface area contributed by atoms with Crippen molar-refractivity contribution in [3.63, 3.8) is 0 Å². The Kier molecular flexibility index (Phi) is 6.51. The van der Waals surface area contributed by atoms with Crippen molar-refractivity contribution in [3.8, 4) is 0 Å². The smallest absolute Gasteiger partial charge is 0.238 e. The molecule has 0 aliphatic carbocycles. The molecule has 2 heterocycles. The third-order valence-corrected chi connectivity index (χ3v) is 7.12. The first-order chi connectivity index (χ1) is 12.6. The first-order valence-electron chi connectivity index (χ1n) is 9.56. The molecule has 0 atom stereocenters. The maximum Gasteiger partial charge on any atom is 0.238 e. The lowest BCUT2D eigenvalue weighted by Gasteiger charge is -2.44. The zero-order valence-electron chi connectivity index (χ0n) is 15.4. The summed E-state index contributed by atoms with van der Waals surface area (Å²) in [5.74, 6) is 0.924. The molecule has 1 aromatic rings. The van der Waals surface area contributed by atoms with Crippen molar-refractivity contribution >= 4 is 40.9 Å². The number of hydrogen-bond donors (Lipinski definition) is 0. The van der Waals surface area contributed by atoms with E-state index in [-0.39, 0.29) is 16.7 Å². The number of unbranched alkanes of at least 4 members (excludes halogenated alkanes) is 3. The quantitative estimate of drug-likeness (QED) is 0.656. The van der Waals surface area contributed by atoms with E-state index in [9.17, 15) is 9.59 Å². The van der Waals surface area contributed by atoms with Gasteiger partial charge in [-0.15, -0.1) is 11.8 Å². The second-order valence-corrected chi connectivity index (χ2v) is 8.91. The molecule has 0 N–H and O–H groups in total. The third kappa shape index (κ3) is 4.20. The fourth-order valence-electron chi connectivity index (χ4n) is 3.86. The topological polar surface area (TPSA) is 40.6 Å². The maximum absolute atomic E-state index is 12.5. The highest BCUT2D eigenvalue weighted by Gasteiger charge is 2.48. The second kappa shape index (κ2) is 8.66. The minimum Gasteiger partial charge on any atom is -0.342 e. The Morgan fingerprint density at radius 3 is 2.50 bits per heavy atom. The van der Waals surface area contributed by atoms with Crippen LogP contribution in [0.1, 0.15) is 51.9 Å². The van der Waals surface area contributed by atoms with Crippen LogP contribution in [0.4, 0.5) is 5.69 Å². The van der Waals surface area contributed by atoms with Crippen molar-refractivity contribution in [2.45, 2.75) is 56.7 Å². The standard InChI is InChI=1S/C20H27ClN2O2S/c1-2-3-4-5-6-18(24)22-13-11-20(12-14-22)23(19(25)15-26-20)17-9-7-16(21)8-10-17/h7-10H,2-6,11-15H2,1H3. The number of rotatable bonds is 6. The van der Waals surface area contributed by atoms with Crippen LogP contribution >= 0.6 is 23.4 Å².